The monoisotopic (exact) mass is 361 g/mol. The number of carboxylic acid groups (broad SMARTS) is 1. The van der Waals surface area contributed by atoms with E-state index >= 15 is 0 Å². The molecule has 0 aliphatic heterocycles. The van der Waals surface area contributed by atoms with Crippen LogP contribution in [0, 0.1) is 5.82 Å². The molecule has 26 heavy (non-hydrogen) atoms. The van der Waals surface area contributed by atoms with Crippen molar-refractivity contribution in [3.05, 3.63) is 59.4 Å². The molecule has 1 amide bonds. The van der Waals surface area contributed by atoms with Crippen LogP contribution in [0.25, 0.3) is 0 Å². The molecule has 2 N–H and O–H groups in total. The van der Waals surface area contributed by atoms with Crippen molar-refractivity contribution in [2.75, 3.05) is 13.7 Å². The fourth-order valence-corrected chi connectivity index (χ4v) is 2.45. The predicted molar refractivity (Wildman–Crippen MR) is 93.0 cm³/mol. The van der Waals surface area contributed by atoms with Crippen molar-refractivity contribution in [1.82, 2.24) is 5.32 Å². The molecular formula is C19H20FNO5. The first-order valence-corrected chi connectivity index (χ1v) is 8.03. The van der Waals surface area contributed by atoms with E-state index in [4.69, 9.17) is 9.47 Å². The summed E-state index contributed by atoms with van der Waals surface area (Å²) in [6.07, 6.45) is -0.315. The Morgan fingerprint density at radius 2 is 1.85 bits per heavy atom. The molecular weight excluding hydrogens is 341 g/mol. The minimum atomic E-state index is -1.07. The molecule has 0 radical (unpaired) electrons. The SMILES string of the molecule is CCOc1ccc([C@@H](CC(=O)O)NC(=O)c2ccc(F)cc2)cc1OC. The van der Waals surface area contributed by atoms with Crippen LogP contribution in [0.1, 0.15) is 35.3 Å². The molecule has 2 aromatic carbocycles. The van der Waals surface area contributed by atoms with E-state index in [-0.39, 0.29) is 12.0 Å². The molecule has 1 atom stereocenters. The van der Waals surface area contributed by atoms with Gasteiger partial charge in [0.05, 0.1) is 26.2 Å². The Kier molecular flexibility index (Phi) is 6.54. The number of methoxy groups -OCH3 is 1. The van der Waals surface area contributed by atoms with E-state index in [1.165, 1.54) is 31.4 Å². The number of benzene rings is 2. The number of carboxylic acids is 1. The number of ether oxygens (including phenoxy) is 2. The maximum atomic E-state index is 13.0. The number of amides is 1. The van der Waals surface area contributed by atoms with Gasteiger partial charge >= 0.3 is 5.97 Å². The van der Waals surface area contributed by atoms with Gasteiger partial charge in [0.25, 0.3) is 5.91 Å². The molecule has 2 rings (SSSR count). The Morgan fingerprint density at radius 3 is 2.42 bits per heavy atom. The van der Waals surface area contributed by atoms with Crippen LogP contribution in [0.2, 0.25) is 0 Å². The number of aliphatic carboxylic acids is 1. The summed E-state index contributed by atoms with van der Waals surface area (Å²) < 4.78 is 23.7. The van der Waals surface area contributed by atoms with Crippen LogP contribution in [0.15, 0.2) is 42.5 Å². The highest BCUT2D eigenvalue weighted by molar-refractivity contribution is 5.94. The van der Waals surface area contributed by atoms with Crippen LogP contribution < -0.4 is 14.8 Å². The van der Waals surface area contributed by atoms with Crippen LogP contribution in [0.5, 0.6) is 11.5 Å². The highest BCUT2D eigenvalue weighted by atomic mass is 19.1. The quantitative estimate of drug-likeness (QED) is 0.754. The molecule has 2 aromatic rings. The molecule has 0 spiro atoms. The van der Waals surface area contributed by atoms with Crippen LogP contribution in [-0.2, 0) is 4.79 Å². The summed E-state index contributed by atoms with van der Waals surface area (Å²) in [5, 5.41) is 11.8. The van der Waals surface area contributed by atoms with Crippen LogP contribution >= 0.6 is 0 Å². The van der Waals surface area contributed by atoms with Gasteiger partial charge in [0, 0.05) is 5.56 Å². The zero-order chi connectivity index (χ0) is 19.1. The number of carbonyl (C=O) groups is 2. The minimum absolute atomic E-state index is 0.236. The average Bonchev–Trinajstić information content (AvgIpc) is 2.62. The topological polar surface area (TPSA) is 84.9 Å². The third kappa shape index (κ3) is 4.95. The number of halogens is 1. The summed E-state index contributed by atoms with van der Waals surface area (Å²) in [5.74, 6) is -1.06. The Balaban J connectivity index is 2.27. The van der Waals surface area contributed by atoms with Crippen LogP contribution in [0.4, 0.5) is 4.39 Å². The van der Waals surface area contributed by atoms with Gasteiger partial charge in [0.15, 0.2) is 11.5 Å². The van der Waals surface area contributed by atoms with Gasteiger partial charge in [0.2, 0.25) is 0 Å². The zero-order valence-electron chi connectivity index (χ0n) is 14.5. The van der Waals surface area contributed by atoms with Crippen molar-refractivity contribution in [2.45, 2.75) is 19.4 Å². The average molecular weight is 361 g/mol. The third-order valence-electron chi connectivity index (χ3n) is 3.68. The maximum absolute atomic E-state index is 13.0. The highest BCUT2D eigenvalue weighted by Gasteiger charge is 2.20. The minimum Gasteiger partial charge on any atom is -0.493 e. The molecule has 0 aliphatic carbocycles. The second-order valence-corrected chi connectivity index (χ2v) is 5.47. The first-order chi connectivity index (χ1) is 12.4. The summed E-state index contributed by atoms with van der Waals surface area (Å²) in [5.41, 5.74) is 0.794. The summed E-state index contributed by atoms with van der Waals surface area (Å²) in [7, 11) is 1.48. The fraction of sp³-hybridized carbons (Fsp3) is 0.263. The molecule has 0 aliphatic rings. The van der Waals surface area contributed by atoms with Gasteiger partial charge in [-0.1, -0.05) is 6.07 Å². The molecule has 0 fully saturated rings. The van der Waals surface area contributed by atoms with Crippen molar-refractivity contribution >= 4 is 11.9 Å². The standard InChI is InChI=1S/C19H20FNO5/c1-3-26-16-9-6-13(10-17(16)25-2)15(11-18(22)23)21-19(24)12-4-7-14(20)8-5-12/h4-10,15H,3,11H2,1-2H3,(H,21,24)(H,22,23)/t15-/m1/s1. The fourth-order valence-electron chi connectivity index (χ4n) is 2.45. The lowest BCUT2D eigenvalue weighted by atomic mass is 10.0. The maximum Gasteiger partial charge on any atom is 0.305 e. The Morgan fingerprint density at radius 1 is 1.15 bits per heavy atom. The summed E-state index contributed by atoms with van der Waals surface area (Å²) >= 11 is 0. The highest BCUT2D eigenvalue weighted by Crippen LogP contribution is 2.31. The molecule has 6 nitrogen and oxygen atoms in total. The molecule has 0 heterocycles. The molecule has 138 valence electrons. The van der Waals surface area contributed by atoms with Gasteiger partial charge in [0.1, 0.15) is 5.82 Å². The van der Waals surface area contributed by atoms with Gasteiger partial charge < -0.3 is 19.9 Å². The lowest BCUT2D eigenvalue weighted by molar-refractivity contribution is -0.137. The predicted octanol–water partition coefficient (Wildman–Crippen LogP) is 3.18. The van der Waals surface area contributed by atoms with Crippen molar-refractivity contribution in [1.29, 1.82) is 0 Å². The van der Waals surface area contributed by atoms with Gasteiger partial charge in [-0.05, 0) is 48.9 Å². The van der Waals surface area contributed by atoms with Crippen molar-refractivity contribution < 1.29 is 28.6 Å². The number of hydrogen-bond donors (Lipinski definition) is 2. The van der Waals surface area contributed by atoms with Gasteiger partial charge in [-0.2, -0.15) is 0 Å². The molecule has 0 aromatic heterocycles. The number of carbonyl (C=O) groups excluding carboxylic acids is 1. The number of hydrogen-bond acceptors (Lipinski definition) is 4. The first-order valence-electron chi connectivity index (χ1n) is 8.03. The first kappa shape index (κ1) is 19.2. The summed E-state index contributed by atoms with van der Waals surface area (Å²) in [6, 6.07) is 9.19. The van der Waals surface area contributed by atoms with E-state index in [1.807, 2.05) is 6.92 Å². The van der Waals surface area contributed by atoms with E-state index in [0.717, 1.165) is 0 Å². The van der Waals surface area contributed by atoms with Crippen LogP contribution in [-0.4, -0.2) is 30.7 Å². The van der Waals surface area contributed by atoms with E-state index < -0.39 is 23.7 Å². The van der Waals surface area contributed by atoms with Crippen molar-refractivity contribution in [3.8, 4) is 11.5 Å². The van der Waals surface area contributed by atoms with E-state index in [0.29, 0.717) is 23.7 Å². The molecule has 0 unspecified atom stereocenters. The summed E-state index contributed by atoms with van der Waals surface area (Å²) in [6.45, 7) is 2.29. The summed E-state index contributed by atoms with van der Waals surface area (Å²) in [4.78, 5) is 23.6. The number of nitrogens with one attached hydrogen (secondary N) is 1. The normalized spacial score (nSPS) is 11.5. The third-order valence-corrected chi connectivity index (χ3v) is 3.68. The smallest absolute Gasteiger partial charge is 0.305 e. The Hall–Kier alpha value is -3.09. The Labute approximate surface area is 150 Å². The second kappa shape index (κ2) is 8.84. The van der Waals surface area contributed by atoms with Gasteiger partial charge in [-0.25, -0.2) is 4.39 Å². The zero-order valence-corrected chi connectivity index (χ0v) is 14.5. The van der Waals surface area contributed by atoms with Crippen LogP contribution in [0.3, 0.4) is 0 Å². The van der Waals surface area contributed by atoms with E-state index in [2.05, 4.69) is 5.32 Å². The largest absolute Gasteiger partial charge is 0.493 e. The molecule has 7 heteroatoms. The number of rotatable bonds is 8. The van der Waals surface area contributed by atoms with Crippen molar-refractivity contribution in [3.63, 3.8) is 0 Å². The van der Waals surface area contributed by atoms with Gasteiger partial charge in [-0.15, -0.1) is 0 Å². The van der Waals surface area contributed by atoms with Crippen molar-refractivity contribution in [2.24, 2.45) is 0 Å². The lowest BCUT2D eigenvalue weighted by Gasteiger charge is -2.19. The second-order valence-electron chi connectivity index (χ2n) is 5.47. The molecule has 0 bridgehead atoms. The van der Waals surface area contributed by atoms with E-state index in [1.54, 1.807) is 18.2 Å². The van der Waals surface area contributed by atoms with E-state index in [9.17, 15) is 19.1 Å². The molecule has 0 saturated carbocycles. The lowest BCUT2D eigenvalue weighted by Crippen LogP contribution is -2.30. The Bertz CT molecular complexity index is 776. The molecule has 0 saturated heterocycles. The van der Waals surface area contributed by atoms with Gasteiger partial charge in [-0.3, -0.25) is 9.59 Å².